The van der Waals surface area contributed by atoms with Crippen LogP contribution in [0.3, 0.4) is 0 Å². The molecule has 1 amide bonds. The second-order valence-corrected chi connectivity index (χ2v) is 6.80. The van der Waals surface area contributed by atoms with Gasteiger partial charge in [0.25, 0.3) is 5.91 Å². The van der Waals surface area contributed by atoms with Gasteiger partial charge in [-0.15, -0.1) is 0 Å². The summed E-state index contributed by atoms with van der Waals surface area (Å²) in [5.41, 5.74) is 1.17. The first-order valence-corrected chi connectivity index (χ1v) is 9.94. The number of morpholine rings is 1. The van der Waals surface area contributed by atoms with Gasteiger partial charge in [0.15, 0.2) is 0 Å². The van der Waals surface area contributed by atoms with Crippen LogP contribution >= 0.6 is 11.6 Å². The molecule has 1 saturated heterocycles. The Morgan fingerprint density at radius 3 is 2.48 bits per heavy atom. The Morgan fingerprint density at radius 1 is 1.14 bits per heavy atom. The highest BCUT2D eigenvalue weighted by Gasteiger charge is 2.21. The third-order valence-corrected chi connectivity index (χ3v) is 4.67. The van der Waals surface area contributed by atoms with Crippen LogP contribution in [0, 0.1) is 5.82 Å². The van der Waals surface area contributed by atoms with E-state index in [4.69, 9.17) is 25.8 Å². The monoisotopic (exact) mass is 422 g/mol. The summed E-state index contributed by atoms with van der Waals surface area (Å²) in [6.07, 6.45) is 0. The molecule has 2 aromatic rings. The largest absolute Gasteiger partial charge is 0.492 e. The van der Waals surface area contributed by atoms with Crippen LogP contribution < -0.4 is 19.7 Å². The van der Waals surface area contributed by atoms with E-state index in [1.54, 1.807) is 6.07 Å². The van der Waals surface area contributed by atoms with E-state index >= 15 is 0 Å². The number of hydrogen-bond donors (Lipinski definition) is 1. The summed E-state index contributed by atoms with van der Waals surface area (Å²) in [4.78, 5) is 14.8. The standard InChI is InChI=1S/C21H24ClFN2O4/c1-3-28-19-13-18(25-7-9-27-10-8-25)20(29-4-2)12-17(19)24-21(26)15-6-5-14(22)11-16(15)23/h5-6,11-13H,3-4,7-10H2,1-2H3,(H,24,26). The summed E-state index contributed by atoms with van der Waals surface area (Å²) in [6, 6.07) is 7.47. The SMILES string of the molecule is CCOc1cc(N2CCOCC2)c(OCC)cc1NC(=O)c1ccc(Cl)cc1F. The summed E-state index contributed by atoms with van der Waals surface area (Å²) >= 11 is 5.77. The normalized spacial score (nSPS) is 13.9. The van der Waals surface area contributed by atoms with Crippen molar-refractivity contribution in [2.75, 3.05) is 49.7 Å². The molecule has 0 radical (unpaired) electrons. The number of hydrogen-bond acceptors (Lipinski definition) is 5. The lowest BCUT2D eigenvalue weighted by Crippen LogP contribution is -2.36. The van der Waals surface area contributed by atoms with Crippen LogP contribution in [0.15, 0.2) is 30.3 Å². The highest BCUT2D eigenvalue weighted by molar-refractivity contribution is 6.30. The summed E-state index contributed by atoms with van der Waals surface area (Å²) < 4.78 is 31.1. The Hall–Kier alpha value is -2.51. The number of carbonyl (C=O) groups is 1. The van der Waals surface area contributed by atoms with Crippen molar-refractivity contribution in [3.05, 3.63) is 46.7 Å². The molecule has 0 atom stereocenters. The quantitative estimate of drug-likeness (QED) is 0.718. The maximum absolute atomic E-state index is 14.1. The molecule has 0 saturated carbocycles. The van der Waals surface area contributed by atoms with E-state index in [-0.39, 0.29) is 10.6 Å². The summed E-state index contributed by atoms with van der Waals surface area (Å²) in [6.45, 7) is 7.34. The van der Waals surface area contributed by atoms with Gasteiger partial charge in [-0.1, -0.05) is 11.6 Å². The molecule has 156 valence electrons. The number of rotatable bonds is 7. The molecule has 29 heavy (non-hydrogen) atoms. The van der Waals surface area contributed by atoms with Crippen LogP contribution in [0.4, 0.5) is 15.8 Å². The van der Waals surface area contributed by atoms with E-state index in [0.29, 0.717) is 43.6 Å². The van der Waals surface area contributed by atoms with E-state index in [0.717, 1.165) is 24.8 Å². The minimum absolute atomic E-state index is 0.105. The molecule has 0 aliphatic carbocycles. The molecule has 6 nitrogen and oxygen atoms in total. The lowest BCUT2D eigenvalue weighted by atomic mass is 10.1. The van der Waals surface area contributed by atoms with Gasteiger partial charge in [-0.2, -0.15) is 0 Å². The first-order chi connectivity index (χ1) is 14.0. The Morgan fingerprint density at radius 2 is 1.83 bits per heavy atom. The number of ether oxygens (including phenoxy) is 3. The Kier molecular flexibility index (Phi) is 7.17. The van der Waals surface area contributed by atoms with Crippen molar-refractivity contribution in [1.29, 1.82) is 0 Å². The molecule has 1 N–H and O–H groups in total. The third-order valence-electron chi connectivity index (χ3n) is 4.44. The maximum Gasteiger partial charge on any atom is 0.258 e. The maximum atomic E-state index is 14.1. The fourth-order valence-corrected chi connectivity index (χ4v) is 3.27. The molecule has 8 heteroatoms. The number of carbonyl (C=O) groups excluding carboxylic acids is 1. The van der Waals surface area contributed by atoms with Gasteiger partial charge in [0, 0.05) is 30.2 Å². The second-order valence-electron chi connectivity index (χ2n) is 6.36. The van der Waals surface area contributed by atoms with Gasteiger partial charge in [-0.05, 0) is 32.0 Å². The Balaban J connectivity index is 1.95. The number of nitrogens with one attached hydrogen (secondary N) is 1. The molecule has 1 heterocycles. The van der Waals surface area contributed by atoms with E-state index in [9.17, 15) is 9.18 Å². The first-order valence-electron chi connectivity index (χ1n) is 9.56. The minimum Gasteiger partial charge on any atom is -0.492 e. The molecule has 1 aliphatic heterocycles. The van der Waals surface area contributed by atoms with Gasteiger partial charge in [0.05, 0.1) is 43.4 Å². The van der Waals surface area contributed by atoms with Gasteiger partial charge in [-0.25, -0.2) is 4.39 Å². The predicted octanol–water partition coefficient (Wildman–Crippen LogP) is 4.37. The fourth-order valence-electron chi connectivity index (χ4n) is 3.11. The van der Waals surface area contributed by atoms with Crippen molar-refractivity contribution in [2.45, 2.75) is 13.8 Å². The van der Waals surface area contributed by atoms with Crippen molar-refractivity contribution >= 4 is 28.9 Å². The van der Waals surface area contributed by atoms with E-state index in [1.807, 2.05) is 19.9 Å². The van der Waals surface area contributed by atoms with Crippen LogP contribution in [0.2, 0.25) is 5.02 Å². The number of nitrogens with zero attached hydrogens (tertiary/aromatic N) is 1. The molecular weight excluding hydrogens is 399 g/mol. The molecule has 0 bridgehead atoms. The topological polar surface area (TPSA) is 60.0 Å². The van der Waals surface area contributed by atoms with Crippen LogP contribution in [-0.4, -0.2) is 45.4 Å². The van der Waals surface area contributed by atoms with Crippen LogP contribution in [-0.2, 0) is 4.74 Å². The van der Waals surface area contributed by atoms with Gasteiger partial charge in [0.2, 0.25) is 0 Å². The zero-order valence-corrected chi connectivity index (χ0v) is 17.2. The molecule has 0 spiro atoms. The second kappa shape index (κ2) is 9.80. The smallest absolute Gasteiger partial charge is 0.258 e. The first kappa shape index (κ1) is 21.2. The molecule has 1 fully saturated rings. The zero-order chi connectivity index (χ0) is 20.8. The Labute approximate surface area is 174 Å². The molecule has 0 aromatic heterocycles. The molecule has 1 aliphatic rings. The van der Waals surface area contributed by atoms with Crippen LogP contribution in [0.25, 0.3) is 0 Å². The van der Waals surface area contributed by atoms with Crippen molar-refractivity contribution in [3.8, 4) is 11.5 Å². The highest BCUT2D eigenvalue weighted by Crippen LogP contribution is 2.39. The number of halogens is 2. The lowest BCUT2D eigenvalue weighted by Gasteiger charge is -2.31. The van der Waals surface area contributed by atoms with Crippen LogP contribution in [0.5, 0.6) is 11.5 Å². The lowest BCUT2D eigenvalue weighted by molar-refractivity contribution is 0.102. The van der Waals surface area contributed by atoms with E-state index in [2.05, 4.69) is 10.2 Å². The molecule has 3 rings (SSSR count). The zero-order valence-electron chi connectivity index (χ0n) is 16.5. The average Bonchev–Trinajstić information content (AvgIpc) is 2.70. The summed E-state index contributed by atoms with van der Waals surface area (Å²) in [5, 5.41) is 2.96. The highest BCUT2D eigenvalue weighted by atomic mass is 35.5. The minimum atomic E-state index is -0.692. The van der Waals surface area contributed by atoms with Crippen molar-refractivity contribution in [2.24, 2.45) is 0 Å². The van der Waals surface area contributed by atoms with E-state index < -0.39 is 11.7 Å². The van der Waals surface area contributed by atoms with Crippen molar-refractivity contribution in [1.82, 2.24) is 0 Å². The number of benzene rings is 2. The average molecular weight is 423 g/mol. The fraction of sp³-hybridized carbons (Fsp3) is 0.381. The third kappa shape index (κ3) is 5.10. The summed E-state index contributed by atoms with van der Waals surface area (Å²) in [5.74, 6) is -0.186. The van der Waals surface area contributed by atoms with Gasteiger partial charge in [0.1, 0.15) is 17.3 Å². The van der Waals surface area contributed by atoms with Gasteiger partial charge >= 0.3 is 0 Å². The van der Waals surface area contributed by atoms with Gasteiger partial charge < -0.3 is 24.4 Å². The Bertz CT molecular complexity index is 872. The van der Waals surface area contributed by atoms with E-state index in [1.165, 1.54) is 12.1 Å². The summed E-state index contributed by atoms with van der Waals surface area (Å²) in [7, 11) is 0. The predicted molar refractivity (Wildman–Crippen MR) is 111 cm³/mol. The molecule has 0 unspecified atom stereocenters. The number of anilines is 2. The molecule has 2 aromatic carbocycles. The molecular formula is C21H24ClFN2O4. The van der Waals surface area contributed by atoms with Crippen LogP contribution in [0.1, 0.15) is 24.2 Å². The van der Waals surface area contributed by atoms with Crippen molar-refractivity contribution < 1.29 is 23.4 Å². The van der Waals surface area contributed by atoms with Gasteiger partial charge in [-0.3, -0.25) is 4.79 Å². The van der Waals surface area contributed by atoms with Crippen molar-refractivity contribution in [3.63, 3.8) is 0 Å². The number of amides is 1.